The molecule has 7 heteroatoms. The fraction of sp³-hybridized carbons (Fsp3) is 0.300. The second-order valence-electron chi connectivity index (χ2n) is 5.84. The Balaban J connectivity index is 2.10. The first-order chi connectivity index (χ1) is 13.0. The molecule has 2 aromatic carbocycles. The van der Waals surface area contributed by atoms with E-state index in [1.165, 1.54) is 0 Å². The Kier molecular flexibility index (Phi) is 6.28. The minimum Gasteiger partial charge on any atom is -0.497 e. The summed E-state index contributed by atoms with van der Waals surface area (Å²) in [7, 11) is -1.91. The lowest BCUT2D eigenvalue weighted by molar-refractivity contribution is 0.226. The maximum Gasteiger partial charge on any atom is 0.361 e. The Hall–Kier alpha value is -1.78. The predicted molar refractivity (Wildman–Crippen MR) is 107 cm³/mol. The predicted octanol–water partition coefficient (Wildman–Crippen LogP) is 6.09. The van der Waals surface area contributed by atoms with Crippen molar-refractivity contribution in [3.63, 3.8) is 0 Å². The number of fused-ring (bicyclic) bond motifs is 1. The highest BCUT2D eigenvalue weighted by Gasteiger charge is 2.36. The number of halogens is 1. The molecular formula is C20H22ClO5P. The van der Waals surface area contributed by atoms with E-state index in [0.29, 0.717) is 21.6 Å². The molecule has 3 rings (SSSR count). The lowest BCUT2D eigenvalue weighted by atomic mass is 10.0. The van der Waals surface area contributed by atoms with Crippen LogP contribution in [0.5, 0.6) is 11.5 Å². The first kappa shape index (κ1) is 20.0. The van der Waals surface area contributed by atoms with Crippen LogP contribution in [-0.4, -0.2) is 20.3 Å². The minimum atomic E-state index is -3.52. The zero-order valence-corrected chi connectivity index (χ0v) is 17.1. The molecule has 0 bridgehead atoms. The average molecular weight is 409 g/mol. The standard InChI is InChI=1S/C20H22ClO5P/c1-4-24-27(22,25-5-2)20-13-19(14-6-9-16(23-3)10-7-14)26-18-11-8-15(21)12-17(18)20/h6-13,19H,4-5H2,1-3H3. The highest BCUT2D eigenvalue weighted by Crippen LogP contribution is 2.63. The molecule has 1 aliphatic heterocycles. The molecule has 1 atom stereocenters. The van der Waals surface area contributed by atoms with Crippen LogP contribution in [-0.2, 0) is 13.6 Å². The molecule has 0 N–H and O–H groups in total. The molecule has 0 fully saturated rings. The highest BCUT2D eigenvalue weighted by molar-refractivity contribution is 7.65. The summed E-state index contributed by atoms with van der Waals surface area (Å²) in [4.78, 5) is 0. The maximum atomic E-state index is 13.5. The van der Waals surface area contributed by atoms with Gasteiger partial charge in [-0.15, -0.1) is 0 Å². The van der Waals surface area contributed by atoms with Crippen LogP contribution >= 0.6 is 19.2 Å². The van der Waals surface area contributed by atoms with E-state index in [2.05, 4.69) is 0 Å². The van der Waals surface area contributed by atoms with Crippen LogP contribution in [0.4, 0.5) is 0 Å². The molecule has 0 aromatic heterocycles. The number of methoxy groups -OCH3 is 1. The zero-order valence-electron chi connectivity index (χ0n) is 15.5. The number of ether oxygens (including phenoxy) is 2. The van der Waals surface area contributed by atoms with Gasteiger partial charge in [-0.05, 0) is 55.8 Å². The molecule has 0 saturated carbocycles. The molecule has 0 aliphatic carbocycles. The van der Waals surface area contributed by atoms with E-state index in [1.54, 1.807) is 45.2 Å². The van der Waals surface area contributed by atoms with Gasteiger partial charge in [0.05, 0.1) is 25.6 Å². The van der Waals surface area contributed by atoms with Crippen molar-refractivity contribution in [1.82, 2.24) is 0 Å². The summed E-state index contributed by atoms with van der Waals surface area (Å²) >= 11 is 6.16. The van der Waals surface area contributed by atoms with Gasteiger partial charge in [0.25, 0.3) is 0 Å². The fourth-order valence-electron chi connectivity index (χ4n) is 2.92. The van der Waals surface area contributed by atoms with Gasteiger partial charge in [0.1, 0.15) is 17.6 Å². The lowest BCUT2D eigenvalue weighted by Gasteiger charge is -2.29. The molecule has 27 heavy (non-hydrogen) atoms. The van der Waals surface area contributed by atoms with E-state index in [1.807, 2.05) is 24.3 Å². The van der Waals surface area contributed by atoms with Crippen LogP contribution in [0.2, 0.25) is 5.02 Å². The van der Waals surface area contributed by atoms with Crippen molar-refractivity contribution in [3.8, 4) is 11.5 Å². The number of benzene rings is 2. The molecule has 5 nitrogen and oxygen atoms in total. The first-order valence-electron chi connectivity index (χ1n) is 8.72. The molecule has 2 aromatic rings. The minimum absolute atomic E-state index is 0.262. The Bertz CT molecular complexity index is 868. The molecule has 1 heterocycles. The van der Waals surface area contributed by atoms with Gasteiger partial charge in [-0.1, -0.05) is 23.7 Å². The molecule has 0 amide bonds. The molecule has 0 spiro atoms. The van der Waals surface area contributed by atoms with Crippen molar-refractivity contribution in [2.75, 3.05) is 20.3 Å². The van der Waals surface area contributed by atoms with Crippen molar-refractivity contribution in [1.29, 1.82) is 0 Å². The van der Waals surface area contributed by atoms with Gasteiger partial charge in [0.2, 0.25) is 0 Å². The third-order valence-corrected chi connectivity index (χ3v) is 6.53. The van der Waals surface area contributed by atoms with Crippen LogP contribution in [0.1, 0.15) is 31.1 Å². The summed E-state index contributed by atoms with van der Waals surface area (Å²) in [5.41, 5.74) is 1.52. The Morgan fingerprint density at radius 1 is 1.07 bits per heavy atom. The molecular weight excluding hydrogens is 387 g/mol. The monoisotopic (exact) mass is 408 g/mol. The third-order valence-electron chi connectivity index (χ3n) is 4.12. The summed E-state index contributed by atoms with van der Waals surface area (Å²) in [6.07, 6.45) is 1.35. The lowest BCUT2D eigenvalue weighted by Crippen LogP contribution is -2.13. The van der Waals surface area contributed by atoms with Crippen molar-refractivity contribution >= 4 is 24.5 Å². The topological polar surface area (TPSA) is 54.0 Å². The second-order valence-corrected chi connectivity index (χ2v) is 8.27. The van der Waals surface area contributed by atoms with E-state index in [-0.39, 0.29) is 13.2 Å². The number of hydrogen-bond donors (Lipinski definition) is 0. The third kappa shape index (κ3) is 4.22. The summed E-state index contributed by atoms with van der Waals surface area (Å²) in [6, 6.07) is 12.7. The van der Waals surface area contributed by atoms with Crippen LogP contribution in [0.15, 0.2) is 48.5 Å². The molecule has 1 aliphatic rings. The fourth-order valence-corrected chi connectivity index (χ4v) is 4.91. The van der Waals surface area contributed by atoms with Gasteiger partial charge in [-0.2, -0.15) is 0 Å². The summed E-state index contributed by atoms with van der Waals surface area (Å²) in [5, 5.41) is 0.987. The zero-order chi connectivity index (χ0) is 19.4. The van der Waals surface area contributed by atoms with Gasteiger partial charge >= 0.3 is 7.60 Å². The molecule has 0 saturated heterocycles. The largest absolute Gasteiger partial charge is 0.497 e. The maximum absolute atomic E-state index is 13.5. The van der Waals surface area contributed by atoms with Gasteiger partial charge in [-0.25, -0.2) is 0 Å². The normalized spacial score (nSPS) is 16.3. The van der Waals surface area contributed by atoms with E-state index >= 15 is 0 Å². The SMILES string of the molecule is CCOP(=O)(OCC)C1=CC(c2ccc(OC)cc2)Oc2ccc(Cl)cc21. The molecule has 0 radical (unpaired) electrons. The van der Waals surface area contributed by atoms with Crippen molar-refractivity contribution < 1.29 is 23.1 Å². The summed E-state index contributed by atoms with van der Waals surface area (Å²) < 4.78 is 36.0. The van der Waals surface area contributed by atoms with Crippen LogP contribution in [0, 0.1) is 0 Å². The smallest absolute Gasteiger partial charge is 0.361 e. The number of hydrogen-bond acceptors (Lipinski definition) is 5. The molecule has 144 valence electrons. The number of rotatable bonds is 7. The van der Waals surface area contributed by atoms with E-state index in [4.69, 9.17) is 30.1 Å². The van der Waals surface area contributed by atoms with Crippen LogP contribution in [0.25, 0.3) is 5.31 Å². The van der Waals surface area contributed by atoms with Crippen molar-refractivity contribution in [2.24, 2.45) is 0 Å². The van der Waals surface area contributed by atoms with Crippen molar-refractivity contribution in [3.05, 3.63) is 64.7 Å². The second kappa shape index (κ2) is 8.49. The summed E-state index contributed by atoms with van der Waals surface area (Å²) in [6.45, 7) is 4.09. The van der Waals surface area contributed by atoms with Gasteiger partial charge in [-0.3, -0.25) is 4.57 Å². The highest BCUT2D eigenvalue weighted by atomic mass is 35.5. The van der Waals surface area contributed by atoms with E-state index in [0.717, 1.165) is 11.3 Å². The van der Waals surface area contributed by atoms with Crippen molar-refractivity contribution in [2.45, 2.75) is 20.0 Å². The first-order valence-corrected chi connectivity index (χ1v) is 10.6. The Labute approximate surface area is 164 Å². The Morgan fingerprint density at radius 2 is 1.74 bits per heavy atom. The summed E-state index contributed by atoms with van der Waals surface area (Å²) in [5.74, 6) is 1.33. The Morgan fingerprint density at radius 3 is 2.33 bits per heavy atom. The quantitative estimate of drug-likeness (QED) is 0.519. The molecule has 1 unspecified atom stereocenters. The van der Waals surface area contributed by atoms with Crippen LogP contribution < -0.4 is 9.47 Å². The van der Waals surface area contributed by atoms with Gasteiger partial charge in [0, 0.05) is 10.6 Å². The van der Waals surface area contributed by atoms with Gasteiger partial charge in [0.15, 0.2) is 0 Å². The van der Waals surface area contributed by atoms with Gasteiger partial charge < -0.3 is 18.5 Å². The van der Waals surface area contributed by atoms with E-state index in [9.17, 15) is 4.57 Å². The van der Waals surface area contributed by atoms with E-state index < -0.39 is 13.7 Å². The average Bonchev–Trinajstić information content (AvgIpc) is 2.67. The van der Waals surface area contributed by atoms with Crippen LogP contribution in [0.3, 0.4) is 0 Å².